The maximum absolute atomic E-state index is 12.4. The van der Waals surface area contributed by atoms with Crippen LogP contribution in [-0.2, 0) is 10.0 Å². The van der Waals surface area contributed by atoms with Gasteiger partial charge in [-0.15, -0.1) is 12.4 Å². The molecule has 0 unspecified atom stereocenters. The molecule has 0 fully saturated rings. The highest BCUT2D eigenvalue weighted by molar-refractivity contribution is 9.10. The third-order valence-electron chi connectivity index (χ3n) is 3.52. The Balaban J connectivity index is 0.00000441. The topological polar surface area (TPSA) is 115 Å². The Hall–Kier alpha value is -0.740. The molecule has 0 heterocycles. The molecule has 0 radical (unpaired) electrons. The molecule has 7 nitrogen and oxygen atoms in total. The van der Waals surface area contributed by atoms with Crippen molar-refractivity contribution < 1.29 is 13.3 Å². The zero-order valence-electron chi connectivity index (χ0n) is 12.2. The molecule has 0 aromatic heterocycles. The summed E-state index contributed by atoms with van der Waals surface area (Å²) in [5.41, 5.74) is 4.78. The molecule has 0 aliphatic heterocycles. The van der Waals surface area contributed by atoms with Gasteiger partial charge < -0.3 is 5.73 Å². The molecule has 0 saturated heterocycles. The van der Waals surface area contributed by atoms with E-state index in [9.17, 15) is 18.5 Å². The fourth-order valence-corrected chi connectivity index (χ4v) is 4.13. The smallest absolute Gasteiger partial charge is 0.283 e. The Kier molecular flexibility index (Phi) is 7.93. The molecule has 0 spiro atoms. The zero-order valence-corrected chi connectivity index (χ0v) is 15.4. The lowest BCUT2D eigenvalue weighted by Crippen LogP contribution is -2.52. The standard InChI is InChI=1S/C12H18BrN3O4S.ClH/c1-3-12(4-2,8-14)15-21(19,20)9-5-6-11(16(17)18)10(13)7-9;/h5-7,15H,3-4,8,14H2,1-2H3;1H. The van der Waals surface area contributed by atoms with Crippen molar-refractivity contribution in [3.05, 3.63) is 32.8 Å². The Morgan fingerprint density at radius 3 is 2.27 bits per heavy atom. The van der Waals surface area contributed by atoms with E-state index in [2.05, 4.69) is 20.7 Å². The molecule has 0 bridgehead atoms. The Bertz CT molecular complexity index is 627. The van der Waals surface area contributed by atoms with Gasteiger partial charge in [0.15, 0.2) is 0 Å². The summed E-state index contributed by atoms with van der Waals surface area (Å²) in [4.78, 5) is 10.1. The molecule has 0 saturated carbocycles. The van der Waals surface area contributed by atoms with E-state index >= 15 is 0 Å². The second-order valence-electron chi connectivity index (χ2n) is 4.67. The third kappa shape index (κ3) is 4.63. The minimum atomic E-state index is -3.80. The first kappa shape index (κ1) is 21.3. The van der Waals surface area contributed by atoms with Crippen LogP contribution in [0, 0.1) is 10.1 Å². The van der Waals surface area contributed by atoms with Gasteiger partial charge in [-0.05, 0) is 40.9 Å². The zero-order chi connectivity index (χ0) is 16.3. The molecule has 0 amide bonds. The molecule has 1 rings (SSSR count). The van der Waals surface area contributed by atoms with Gasteiger partial charge in [-0.2, -0.15) is 0 Å². The van der Waals surface area contributed by atoms with Crippen LogP contribution in [-0.4, -0.2) is 25.4 Å². The highest BCUT2D eigenvalue weighted by Gasteiger charge is 2.31. The van der Waals surface area contributed by atoms with Crippen molar-refractivity contribution in [1.29, 1.82) is 0 Å². The van der Waals surface area contributed by atoms with Gasteiger partial charge >= 0.3 is 0 Å². The van der Waals surface area contributed by atoms with Crippen LogP contribution < -0.4 is 10.5 Å². The summed E-state index contributed by atoms with van der Waals surface area (Å²) in [6.07, 6.45) is 1.10. The number of nitro benzene ring substituents is 1. The van der Waals surface area contributed by atoms with Gasteiger partial charge in [-0.25, -0.2) is 13.1 Å². The number of rotatable bonds is 7. The molecule has 126 valence electrons. The molecular weight excluding hydrogens is 398 g/mol. The van der Waals surface area contributed by atoms with Crippen molar-refractivity contribution in [2.45, 2.75) is 37.1 Å². The van der Waals surface area contributed by atoms with Gasteiger partial charge in [-0.1, -0.05) is 13.8 Å². The van der Waals surface area contributed by atoms with Crippen LogP contribution >= 0.6 is 28.3 Å². The second kappa shape index (κ2) is 8.21. The summed E-state index contributed by atoms with van der Waals surface area (Å²) >= 11 is 3.01. The van der Waals surface area contributed by atoms with E-state index in [1.54, 1.807) is 0 Å². The van der Waals surface area contributed by atoms with Crippen LogP contribution in [0.2, 0.25) is 0 Å². The highest BCUT2D eigenvalue weighted by Crippen LogP contribution is 2.28. The summed E-state index contributed by atoms with van der Waals surface area (Å²) in [6, 6.07) is 3.57. The van der Waals surface area contributed by atoms with Crippen molar-refractivity contribution in [3.63, 3.8) is 0 Å². The van der Waals surface area contributed by atoms with E-state index in [0.717, 1.165) is 6.07 Å². The van der Waals surface area contributed by atoms with Gasteiger partial charge in [0, 0.05) is 18.2 Å². The van der Waals surface area contributed by atoms with Gasteiger partial charge in [0.1, 0.15) is 0 Å². The quantitative estimate of drug-likeness (QED) is 0.523. The largest absolute Gasteiger partial charge is 0.329 e. The monoisotopic (exact) mass is 415 g/mol. The van der Waals surface area contributed by atoms with Gasteiger partial charge in [0.2, 0.25) is 10.0 Å². The Labute approximate surface area is 144 Å². The van der Waals surface area contributed by atoms with Crippen molar-refractivity contribution in [2.24, 2.45) is 5.73 Å². The minimum Gasteiger partial charge on any atom is -0.329 e. The van der Waals surface area contributed by atoms with Crippen LogP contribution in [0.4, 0.5) is 5.69 Å². The van der Waals surface area contributed by atoms with Crippen LogP contribution in [0.15, 0.2) is 27.6 Å². The molecule has 3 N–H and O–H groups in total. The molecule has 0 aliphatic rings. The summed E-state index contributed by atoms with van der Waals surface area (Å²) in [5, 5.41) is 10.7. The predicted octanol–water partition coefficient (Wildman–Crippen LogP) is 2.57. The second-order valence-corrected chi connectivity index (χ2v) is 7.20. The maximum atomic E-state index is 12.4. The summed E-state index contributed by atoms with van der Waals surface area (Å²) in [6.45, 7) is 3.88. The lowest BCUT2D eigenvalue weighted by Gasteiger charge is -2.31. The van der Waals surface area contributed by atoms with Crippen molar-refractivity contribution in [3.8, 4) is 0 Å². The number of nitrogens with zero attached hydrogens (tertiary/aromatic N) is 1. The lowest BCUT2D eigenvalue weighted by atomic mass is 9.95. The first-order valence-electron chi connectivity index (χ1n) is 6.39. The number of hydrogen-bond acceptors (Lipinski definition) is 5. The first-order chi connectivity index (χ1) is 9.71. The minimum absolute atomic E-state index is 0. The number of halogens is 2. The van der Waals surface area contributed by atoms with E-state index in [-0.39, 0.29) is 34.0 Å². The van der Waals surface area contributed by atoms with Gasteiger partial charge in [0.25, 0.3) is 5.69 Å². The molecule has 22 heavy (non-hydrogen) atoms. The fraction of sp³-hybridized carbons (Fsp3) is 0.500. The molecular formula is C12H19BrClN3O4S. The van der Waals surface area contributed by atoms with Crippen LogP contribution in [0.1, 0.15) is 26.7 Å². The summed E-state index contributed by atoms with van der Waals surface area (Å²) < 4.78 is 27.5. The summed E-state index contributed by atoms with van der Waals surface area (Å²) in [5.74, 6) is 0. The maximum Gasteiger partial charge on any atom is 0.283 e. The van der Waals surface area contributed by atoms with Gasteiger partial charge in [0.05, 0.1) is 14.3 Å². The molecule has 1 aromatic rings. The average molecular weight is 417 g/mol. The van der Waals surface area contributed by atoms with Crippen LogP contribution in [0.25, 0.3) is 0 Å². The van der Waals surface area contributed by atoms with E-state index in [1.807, 2.05) is 13.8 Å². The van der Waals surface area contributed by atoms with Crippen LogP contribution in [0.3, 0.4) is 0 Å². The van der Waals surface area contributed by atoms with E-state index < -0.39 is 20.5 Å². The molecule has 0 atom stereocenters. The molecule has 10 heteroatoms. The Morgan fingerprint density at radius 1 is 1.36 bits per heavy atom. The Morgan fingerprint density at radius 2 is 1.91 bits per heavy atom. The van der Waals surface area contributed by atoms with Crippen molar-refractivity contribution in [2.75, 3.05) is 6.54 Å². The van der Waals surface area contributed by atoms with E-state index in [0.29, 0.717) is 12.8 Å². The molecule has 1 aromatic carbocycles. The molecule has 0 aliphatic carbocycles. The van der Waals surface area contributed by atoms with Crippen molar-refractivity contribution in [1.82, 2.24) is 4.72 Å². The van der Waals surface area contributed by atoms with E-state index in [4.69, 9.17) is 5.73 Å². The number of nitro groups is 1. The van der Waals surface area contributed by atoms with E-state index in [1.165, 1.54) is 12.1 Å². The summed E-state index contributed by atoms with van der Waals surface area (Å²) in [7, 11) is -3.80. The number of nitrogens with one attached hydrogen (secondary N) is 1. The number of benzene rings is 1. The number of hydrogen-bond donors (Lipinski definition) is 2. The lowest BCUT2D eigenvalue weighted by molar-refractivity contribution is -0.385. The normalized spacial score (nSPS) is 11.8. The number of sulfonamides is 1. The van der Waals surface area contributed by atoms with Crippen molar-refractivity contribution >= 4 is 44.0 Å². The van der Waals surface area contributed by atoms with Gasteiger partial charge in [-0.3, -0.25) is 10.1 Å². The van der Waals surface area contributed by atoms with Crippen LogP contribution in [0.5, 0.6) is 0 Å². The number of nitrogens with two attached hydrogens (primary N) is 1. The third-order valence-corrected chi connectivity index (χ3v) is 5.73. The predicted molar refractivity (Wildman–Crippen MR) is 90.7 cm³/mol. The average Bonchev–Trinajstić information content (AvgIpc) is 2.44. The first-order valence-corrected chi connectivity index (χ1v) is 8.67. The fourth-order valence-electron chi connectivity index (χ4n) is 1.87. The highest BCUT2D eigenvalue weighted by atomic mass is 79.9. The SMILES string of the molecule is CCC(CC)(CN)NS(=O)(=O)c1ccc([N+](=O)[O-])c(Br)c1.Cl.